The molecule has 0 aromatic heterocycles. The zero-order valence-electron chi connectivity index (χ0n) is 20.2. The maximum atomic E-state index is 14.2. The number of hydrogen-bond acceptors (Lipinski definition) is 4. The molecule has 1 amide bonds. The molecule has 3 aromatic rings. The summed E-state index contributed by atoms with van der Waals surface area (Å²) in [5.74, 6) is -3.71. The third-order valence-corrected chi connectivity index (χ3v) is 7.21. The number of benzene rings is 3. The zero-order valence-corrected chi connectivity index (χ0v) is 20.2. The van der Waals surface area contributed by atoms with Gasteiger partial charge in [0.05, 0.1) is 18.2 Å². The first-order chi connectivity index (χ1) is 17.9. The molecule has 0 spiro atoms. The molecule has 1 N–H and O–H groups in total. The molecule has 2 aliphatic heterocycles. The average molecular weight is 507 g/mol. The normalized spacial score (nSPS) is 19.6. The Kier molecular flexibility index (Phi) is 7.08. The van der Waals surface area contributed by atoms with Crippen molar-refractivity contribution in [1.29, 1.82) is 0 Å². The Balaban J connectivity index is 1.44. The van der Waals surface area contributed by atoms with Gasteiger partial charge in [-0.3, -0.25) is 4.79 Å². The SMILES string of the molecule is O=C(O)[C@@H]1C[C@H](N2CCCOc3cc(F)c(F)cc32)CCN1C(=O)C(c1ccccc1)c1ccccc1. The number of hydrogen-bond donors (Lipinski definition) is 1. The van der Waals surface area contributed by atoms with Crippen LogP contribution in [0.1, 0.15) is 36.3 Å². The fourth-order valence-corrected chi connectivity index (χ4v) is 5.44. The number of carbonyl (C=O) groups is 2. The Morgan fingerprint density at radius 3 is 2.16 bits per heavy atom. The van der Waals surface area contributed by atoms with E-state index in [4.69, 9.17) is 4.74 Å². The highest BCUT2D eigenvalue weighted by Gasteiger charge is 2.41. The van der Waals surface area contributed by atoms with Gasteiger partial charge in [-0.25, -0.2) is 13.6 Å². The number of piperidine rings is 1. The molecular formula is C29H28F2N2O4. The molecule has 0 unspecified atom stereocenters. The maximum Gasteiger partial charge on any atom is 0.326 e. The van der Waals surface area contributed by atoms with Crippen LogP contribution in [0.25, 0.3) is 0 Å². The van der Waals surface area contributed by atoms with Crippen LogP contribution >= 0.6 is 0 Å². The van der Waals surface area contributed by atoms with Crippen LogP contribution in [0.5, 0.6) is 5.75 Å². The molecule has 1 saturated heterocycles. The zero-order chi connectivity index (χ0) is 25.9. The van der Waals surface area contributed by atoms with Crippen molar-refractivity contribution >= 4 is 17.6 Å². The van der Waals surface area contributed by atoms with Gasteiger partial charge in [0, 0.05) is 31.3 Å². The maximum absolute atomic E-state index is 14.2. The average Bonchev–Trinajstić information content (AvgIpc) is 3.12. The summed E-state index contributed by atoms with van der Waals surface area (Å²) >= 11 is 0. The van der Waals surface area contributed by atoms with Crippen molar-refractivity contribution in [2.24, 2.45) is 0 Å². The Labute approximate surface area is 214 Å². The van der Waals surface area contributed by atoms with E-state index < -0.39 is 29.6 Å². The van der Waals surface area contributed by atoms with Crippen molar-refractivity contribution in [3.05, 3.63) is 95.6 Å². The number of aliphatic carboxylic acids is 1. The van der Waals surface area contributed by atoms with E-state index in [9.17, 15) is 23.5 Å². The van der Waals surface area contributed by atoms with Crippen LogP contribution < -0.4 is 9.64 Å². The first-order valence-corrected chi connectivity index (χ1v) is 12.5. The van der Waals surface area contributed by atoms with Gasteiger partial charge in [-0.1, -0.05) is 60.7 Å². The van der Waals surface area contributed by atoms with E-state index in [2.05, 4.69) is 0 Å². The van der Waals surface area contributed by atoms with Crippen LogP contribution in [-0.4, -0.2) is 53.7 Å². The predicted octanol–water partition coefficient (Wildman–Crippen LogP) is 4.83. The molecule has 6 nitrogen and oxygen atoms in total. The van der Waals surface area contributed by atoms with Crippen LogP contribution in [0, 0.1) is 11.6 Å². The number of carboxylic acid groups (broad SMARTS) is 1. The second-order valence-corrected chi connectivity index (χ2v) is 9.45. The fourth-order valence-electron chi connectivity index (χ4n) is 5.44. The summed E-state index contributed by atoms with van der Waals surface area (Å²) in [6.07, 6.45) is 1.28. The lowest BCUT2D eigenvalue weighted by Crippen LogP contribution is -2.56. The van der Waals surface area contributed by atoms with E-state index in [1.165, 1.54) is 4.90 Å². The van der Waals surface area contributed by atoms with Gasteiger partial charge in [0.2, 0.25) is 5.91 Å². The van der Waals surface area contributed by atoms with Gasteiger partial charge in [0.1, 0.15) is 11.8 Å². The quantitative estimate of drug-likeness (QED) is 0.537. The summed E-state index contributed by atoms with van der Waals surface area (Å²) < 4.78 is 33.7. The third-order valence-electron chi connectivity index (χ3n) is 7.21. The molecule has 0 aliphatic carbocycles. The van der Waals surface area contributed by atoms with Crippen LogP contribution in [0.3, 0.4) is 0 Å². The van der Waals surface area contributed by atoms with Crippen molar-refractivity contribution in [3.63, 3.8) is 0 Å². The van der Waals surface area contributed by atoms with E-state index in [-0.39, 0.29) is 30.7 Å². The number of likely N-dealkylation sites (tertiary alicyclic amines) is 1. The molecule has 0 radical (unpaired) electrons. The Hall–Kier alpha value is -3.94. The van der Waals surface area contributed by atoms with Crippen LogP contribution in [0.15, 0.2) is 72.8 Å². The lowest BCUT2D eigenvalue weighted by atomic mass is 9.87. The predicted molar refractivity (Wildman–Crippen MR) is 135 cm³/mol. The minimum atomic E-state index is -1.09. The molecule has 2 atom stereocenters. The van der Waals surface area contributed by atoms with Crippen LogP contribution in [0.2, 0.25) is 0 Å². The van der Waals surface area contributed by atoms with Crippen LogP contribution in [0.4, 0.5) is 14.5 Å². The summed E-state index contributed by atoms with van der Waals surface area (Å²) in [6, 6.07) is 19.5. The molecule has 1 fully saturated rings. The van der Waals surface area contributed by atoms with E-state index in [0.717, 1.165) is 23.3 Å². The minimum absolute atomic E-state index is 0.163. The van der Waals surface area contributed by atoms with E-state index in [1.54, 1.807) is 0 Å². The Morgan fingerprint density at radius 1 is 0.919 bits per heavy atom. The standard InChI is InChI=1S/C29H28F2N2O4/c30-22-17-24-26(18-23(22)31)37-15-7-13-32(24)21-12-14-33(25(16-21)29(35)36)28(34)27(19-8-3-1-4-9-19)20-10-5-2-6-11-20/h1-6,8-11,17-18,21,25,27H,7,12-16H2,(H,35,36)/t21-,25+/m1/s1. The largest absolute Gasteiger partial charge is 0.491 e. The fraction of sp³-hybridized carbons (Fsp3) is 0.310. The topological polar surface area (TPSA) is 70.1 Å². The number of carbonyl (C=O) groups excluding carboxylic acids is 1. The number of anilines is 1. The van der Waals surface area contributed by atoms with Crippen molar-refractivity contribution < 1.29 is 28.2 Å². The molecule has 2 aliphatic rings. The lowest BCUT2D eigenvalue weighted by Gasteiger charge is -2.43. The molecule has 37 heavy (non-hydrogen) atoms. The first kappa shape index (κ1) is 24.7. The van der Waals surface area contributed by atoms with Gasteiger partial charge < -0.3 is 19.6 Å². The van der Waals surface area contributed by atoms with Gasteiger partial charge in [-0.15, -0.1) is 0 Å². The third kappa shape index (κ3) is 5.01. The molecule has 8 heteroatoms. The molecule has 0 saturated carbocycles. The van der Waals surface area contributed by atoms with E-state index in [0.29, 0.717) is 31.7 Å². The molecule has 0 bridgehead atoms. The first-order valence-electron chi connectivity index (χ1n) is 12.5. The number of carboxylic acids is 1. The molecule has 5 rings (SSSR count). The lowest BCUT2D eigenvalue weighted by molar-refractivity contribution is -0.152. The van der Waals surface area contributed by atoms with E-state index >= 15 is 0 Å². The smallest absolute Gasteiger partial charge is 0.326 e. The van der Waals surface area contributed by atoms with Crippen molar-refractivity contribution in [2.45, 2.75) is 37.3 Å². The monoisotopic (exact) mass is 506 g/mol. The van der Waals surface area contributed by atoms with Gasteiger partial charge in [0.25, 0.3) is 0 Å². The number of nitrogens with zero attached hydrogens (tertiary/aromatic N) is 2. The van der Waals surface area contributed by atoms with Crippen molar-refractivity contribution in [2.75, 3.05) is 24.6 Å². The van der Waals surface area contributed by atoms with Gasteiger partial charge >= 0.3 is 5.97 Å². The number of fused-ring (bicyclic) bond motifs is 1. The highest BCUT2D eigenvalue weighted by molar-refractivity contribution is 5.91. The van der Waals surface area contributed by atoms with Gasteiger partial charge in [0.15, 0.2) is 11.6 Å². The Morgan fingerprint density at radius 2 is 1.54 bits per heavy atom. The summed E-state index contributed by atoms with van der Waals surface area (Å²) in [7, 11) is 0. The number of ether oxygens (including phenoxy) is 1. The van der Waals surface area contributed by atoms with Gasteiger partial charge in [-0.05, 0) is 30.4 Å². The summed E-state index contributed by atoms with van der Waals surface area (Å²) in [6.45, 7) is 1.09. The van der Waals surface area contributed by atoms with Crippen molar-refractivity contribution in [3.8, 4) is 5.75 Å². The molecule has 2 heterocycles. The van der Waals surface area contributed by atoms with E-state index in [1.807, 2.05) is 65.6 Å². The summed E-state index contributed by atoms with van der Waals surface area (Å²) in [5.41, 5.74) is 2.00. The van der Waals surface area contributed by atoms with Crippen LogP contribution in [-0.2, 0) is 9.59 Å². The molecule has 192 valence electrons. The second-order valence-electron chi connectivity index (χ2n) is 9.45. The highest BCUT2D eigenvalue weighted by Crippen LogP contribution is 2.38. The highest BCUT2D eigenvalue weighted by atomic mass is 19.2. The Bertz CT molecular complexity index is 1230. The number of amides is 1. The number of rotatable bonds is 5. The molecular weight excluding hydrogens is 478 g/mol. The summed E-state index contributed by atoms with van der Waals surface area (Å²) in [5, 5.41) is 10.2. The summed E-state index contributed by atoms with van der Waals surface area (Å²) in [4.78, 5) is 29.8. The number of halogens is 2. The van der Waals surface area contributed by atoms with Gasteiger partial charge in [-0.2, -0.15) is 0 Å². The molecule has 3 aromatic carbocycles. The van der Waals surface area contributed by atoms with Crippen molar-refractivity contribution in [1.82, 2.24) is 4.90 Å². The second kappa shape index (κ2) is 10.6. The minimum Gasteiger partial charge on any atom is -0.491 e.